The van der Waals surface area contributed by atoms with Crippen LogP contribution in [0.1, 0.15) is 0 Å². The molecule has 0 amide bonds. The average molecular weight is 328 g/mol. The Morgan fingerprint density at radius 2 is 1.48 bits per heavy atom. The molecule has 0 bridgehead atoms. The first kappa shape index (κ1) is 15.1. The van der Waals surface area contributed by atoms with Crippen molar-refractivity contribution >= 4 is 34.9 Å². The number of methoxy groups -OCH3 is 1. The standard InChI is InChI=1S/C16H14ClN5O/c1-23-13-10-6-5-9-12(13)19-16-21-14(17)20-15(22-16)18-11-7-3-2-4-8-11/h2-10H,1H3,(H2,18,19,20,21,22). The molecule has 1 heterocycles. The van der Waals surface area contributed by atoms with Crippen LogP contribution in [-0.4, -0.2) is 22.1 Å². The summed E-state index contributed by atoms with van der Waals surface area (Å²) >= 11 is 5.98. The number of rotatable bonds is 5. The van der Waals surface area contributed by atoms with Gasteiger partial charge < -0.3 is 15.4 Å². The van der Waals surface area contributed by atoms with Gasteiger partial charge in [0.25, 0.3) is 0 Å². The minimum Gasteiger partial charge on any atom is -0.495 e. The summed E-state index contributed by atoms with van der Waals surface area (Å²) in [6.07, 6.45) is 0. The Kier molecular flexibility index (Phi) is 4.54. The predicted molar refractivity (Wildman–Crippen MR) is 90.8 cm³/mol. The number of para-hydroxylation sites is 3. The summed E-state index contributed by atoms with van der Waals surface area (Å²) in [6, 6.07) is 17.0. The van der Waals surface area contributed by atoms with Crippen molar-refractivity contribution in [1.29, 1.82) is 0 Å². The molecule has 0 saturated carbocycles. The van der Waals surface area contributed by atoms with Gasteiger partial charge in [0.2, 0.25) is 17.2 Å². The molecule has 2 aromatic carbocycles. The van der Waals surface area contributed by atoms with Crippen LogP contribution in [0.25, 0.3) is 0 Å². The van der Waals surface area contributed by atoms with Crippen molar-refractivity contribution in [2.24, 2.45) is 0 Å². The Morgan fingerprint density at radius 1 is 0.826 bits per heavy atom. The van der Waals surface area contributed by atoms with Crippen LogP contribution in [0.5, 0.6) is 5.75 Å². The van der Waals surface area contributed by atoms with E-state index in [1.807, 2.05) is 54.6 Å². The predicted octanol–water partition coefficient (Wildman–Crippen LogP) is 4.02. The first-order chi connectivity index (χ1) is 11.2. The number of nitrogens with one attached hydrogen (secondary N) is 2. The van der Waals surface area contributed by atoms with Crippen molar-refractivity contribution < 1.29 is 4.74 Å². The highest BCUT2D eigenvalue weighted by atomic mass is 35.5. The Bertz CT molecular complexity index is 797. The van der Waals surface area contributed by atoms with E-state index >= 15 is 0 Å². The Morgan fingerprint density at radius 3 is 2.22 bits per heavy atom. The first-order valence-corrected chi connectivity index (χ1v) is 7.26. The van der Waals surface area contributed by atoms with Gasteiger partial charge in [-0.3, -0.25) is 0 Å². The highest BCUT2D eigenvalue weighted by molar-refractivity contribution is 6.28. The fourth-order valence-electron chi connectivity index (χ4n) is 1.98. The lowest BCUT2D eigenvalue weighted by atomic mass is 10.3. The van der Waals surface area contributed by atoms with E-state index < -0.39 is 0 Å². The molecule has 0 atom stereocenters. The van der Waals surface area contributed by atoms with Gasteiger partial charge in [0.1, 0.15) is 5.75 Å². The fourth-order valence-corrected chi connectivity index (χ4v) is 2.14. The zero-order valence-electron chi connectivity index (χ0n) is 12.3. The maximum Gasteiger partial charge on any atom is 0.233 e. The van der Waals surface area contributed by atoms with Gasteiger partial charge >= 0.3 is 0 Å². The zero-order chi connectivity index (χ0) is 16.1. The van der Waals surface area contributed by atoms with Crippen LogP contribution in [0.3, 0.4) is 0 Å². The monoisotopic (exact) mass is 327 g/mol. The molecule has 2 N–H and O–H groups in total. The van der Waals surface area contributed by atoms with Crippen molar-refractivity contribution in [3.05, 3.63) is 59.9 Å². The van der Waals surface area contributed by atoms with Gasteiger partial charge in [-0.25, -0.2) is 0 Å². The molecule has 0 spiro atoms. The van der Waals surface area contributed by atoms with Crippen LogP contribution in [0, 0.1) is 0 Å². The lowest BCUT2D eigenvalue weighted by Gasteiger charge is -2.11. The quantitative estimate of drug-likeness (QED) is 0.737. The summed E-state index contributed by atoms with van der Waals surface area (Å²) in [4.78, 5) is 12.5. The Balaban J connectivity index is 1.86. The molecule has 0 aliphatic heterocycles. The molecular formula is C16H14ClN5O. The van der Waals surface area contributed by atoms with Crippen molar-refractivity contribution in [1.82, 2.24) is 15.0 Å². The summed E-state index contributed by atoms with van der Waals surface area (Å²) in [5.74, 6) is 1.36. The molecule has 6 nitrogen and oxygen atoms in total. The van der Waals surface area contributed by atoms with Crippen LogP contribution in [0.2, 0.25) is 5.28 Å². The Hall–Kier alpha value is -2.86. The van der Waals surface area contributed by atoms with E-state index in [9.17, 15) is 0 Å². The molecule has 3 aromatic rings. The number of hydrogen-bond acceptors (Lipinski definition) is 6. The largest absolute Gasteiger partial charge is 0.495 e. The first-order valence-electron chi connectivity index (χ1n) is 6.88. The fraction of sp³-hybridized carbons (Fsp3) is 0.0625. The van der Waals surface area contributed by atoms with E-state index in [0.29, 0.717) is 17.6 Å². The van der Waals surface area contributed by atoms with Gasteiger partial charge in [-0.05, 0) is 35.9 Å². The van der Waals surface area contributed by atoms with Crippen LogP contribution >= 0.6 is 11.6 Å². The third-order valence-electron chi connectivity index (χ3n) is 2.99. The van der Waals surface area contributed by atoms with Gasteiger partial charge in [-0.2, -0.15) is 15.0 Å². The summed E-state index contributed by atoms with van der Waals surface area (Å²) in [7, 11) is 1.60. The molecule has 1 aromatic heterocycles. The van der Waals surface area contributed by atoms with Crippen LogP contribution in [-0.2, 0) is 0 Å². The highest BCUT2D eigenvalue weighted by Gasteiger charge is 2.08. The lowest BCUT2D eigenvalue weighted by Crippen LogP contribution is -2.04. The molecule has 0 aliphatic rings. The molecule has 0 radical (unpaired) electrons. The van der Waals surface area contributed by atoms with E-state index in [-0.39, 0.29) is 5.28 Å². The van der Waals surface area contributed by atoms with Crippen LogP contribution < -0.4 is 15.4 Å². The van der Waals surface area contributed by atoms with Gasteiger partial charge in [0.15, 0.2) is 0 Å². The second-order valence-electron chi connectivity index (χ2n) is 4.57. The molecule has 0 fully saturated rings. The summed E-state index contributed by atoms with van der Waals surface area (Å²) in [6.45, 7) is 0. The van der Waals surface area contributed by atoms with E-state index in [4.69, 9.17) is 16.3 Å². The minimum atomic E-state index is 0.0934. The van der Waals surface area contributed by atoms with E-state index in [0.717, 1.165) is 11.4 Å². The van der Waals surface area contributed by atoms with E-state index in [2.05, 4.69) is 25.6 Å². The van der Waals surface area contributed by atoms with Crippen LogP contribution in [0.15, 0.2) is 54.6 Å². The van der Waals surface area contributed by atoms with Gasteiger partial charge in [-0.15, -0.1) is 0 Å². The smallest absolute Gasteiger partial charge is 0.233 e. The molecule has 0 aliphatic carbocycles. The SMILES string of the molecule is COc1ccccc1Nc1nc(Cl)nc(Nc2ccccc2)n1. The molecule has 0 unspecified atom stereocenters. The zero-order valence-corrected chi connectivity index (χ0v) is 13.1. The minimum absolute atomic E-state index is 0.0934. The third-order valence-corrected chi connectivity index (χ3v) is 3.16. The maximum absolute atomic E-state index is 5.98. The average Bonchev–Trinajstić information content (AvgIpc) is 2.56. The highest BCUT2D eigenvalue weighted by Crippen LogP contribution is 2.26. The molecule has 7 heteroatoms. The van der Waals surface area contributed by atoms with Crippen LogP contribution in [0.4, 0.5) is 23.3 Å². The number of ether oxygens (including phenoxy) is 1. The molecule has 23 heavy (non-hydrogen) atoms. The number of nitrogens with zero attached hydrogens (tertiary/aromatic N) is 3. The van der Waals surface area contributed by atoms with Gasteiger partial charge in [0, 0.05) is 5.69 Å². The molecule has 116 valence electrons. The van der Waals surface area contributed by atoms with Crippen molar-refractivity contribution in [3.8, 4) is 5.75 Å². The Labute approximate surface area is 138 Å². The maximum atomic E-state index is 5.98. The molecular weight excluding hydrogens is 314 g/mol. The van der Waals surface area contributed by atoms with Crippen molar-refractivity contribution in [3.63, 3.8) is 0 Å². The second kappa shape index (κ2) is 6.93. The summed E-state index contributed by atoms with van der Waals surface area (Å²) in [5, 5.41) is 6.25. The summed E-state index contributed by atoms with van der Waals surface area (Å²) < 4.78 is 5.29. The number of hydrogen-bond donors (Lipinski definition) is 2. The summed E-state index contributed by atoms with van der Waals surface area (Å²) in [5.41, 5.74) is 1.60. The normalized spacial score (nSPS) is 10.2. The van der Waals surface area contributed by atoms with E-state index in [1.54, 1.807) is 7.11 Å². The van der Waals surface area contributed by atoms with Crippen molar-refractivity contribution in [2.45, 2.75) is 0 Å². The lowest BCUT2D eigenvalue weighted by molar-refractivity contribution is 0.417. The second-order valence-corrected chi connectivity index (χ2v) is 4.91. The topological polar surface area (TPSA) is 72.0 Å². The van der Waals surface area contributed by atoms with Crippen molar-refractivity contribution in [2.75, 3.05) is 17.7 Å². The van der Waals surface area contributed by atoms with E-state index in [1.165, 1.54) is 0 Å². The number of aromatic nitrogens is 3. The van der Waals surface area contributed by atoms with Gasteiger partial charge in [-0.1, -0.05) is 30.3 Å². The molecule has 3 rings (SSSR count). The third kappa shape index (κ3) is 3.87. The number of halogens is 1. The number of benzene rings is 2. The molecule has 0 saturated heterocycles. The van der Waals surface area contributed by atoms with Gasteiger partial charge in [0.05, 0.1) is 12.8 Å². The number of anilines is 4.